The van der Waals surface area contributed by atoms with Crippen molar-refractivity contribution in [1.82, 2.24) is 10.3 Å². The molecule has 0 aromatic carbocycles. The molecule has 5 nitrogen and oxygen atoms in total. The summed E-state index contributed by atoms with van der Waals surface area (Å²) in [6, 6.07) is 3.66. The number of rotatable bonds is 3. The maximum Gasteiger partial charge on any atom is 0.256 e. The third-order valence-electron chi connectivity index (χ3n) is 3.47. The summed E-state index contributed by atoms with van der Waals surface area (Å²) in [5.41, 5.74) is 0.844. The van der Waals surface area contributed by atoms with Crippen LogP contribution in [0.15, 0.2) is 18.3 Å². The Kier molecular flexibility index (Phi) is 8.05. The number of aryl methyl sites for hydroxylation is 1. The Labute approximate surface area is 131 Å². The summed E-state index contributed by atoms with van der Waals surface area (Å²) in [6.07, 6.45) is 3.09. The first-order valence-corrected chi connectivity index (χ1v) is 6.17. The number of ether oxygens (including phenoxy) is 1. The van der Waals surface area contributed by atoms with Crippen molar-refractivity contribution in [1.29, 1.82) is 0 Å². The number of carbonyl (C=O) groups is 1. The number of nitrogens with one attached hydrogen (secondary N) is 2. The molecular formula is C13H21Cl2N3O2. The van der Waals surface area contributed by atoms with Crippen LogP contribution in [0.1, 0.15) is 18.5 Å². The van der Waals surface area contributed by atoms with Crippen LogP contribution in [0.3, 0.4) is 0 Å². The zero-order valence-corrected chi connectivity index (χ0v) is 13.3. The third-order valence-corrected chi connectivity index (χ3v) is 3.47. The maximum absolute atomic E-state index is 12.4. The maximum atomic E-state index is 12.4. The van der Waals surface area contributed by atoms with Gasteiger partial charge in [-0.05, 0) is 45.0 Å². The van der Waals surface area contributed by atoms with Gasteiger partial charge in [-0.1, -0.05) is 0 Å². The summed E-state index contributed by atoms with van der Waals surface area (Å²) in [5, 5.41) is 6.15. The summed E-state index contributed by atoms with van der Waals surface area (Å²) >= 11 is 0. The number of nitrogens with zero attached hydrogens (tertiary/aromatic N) is 1. The molecule has 1 aliphatic rings. The molecular weight excluding hydrogens is 301 g/mol. The number of halogens is 2. The van der Waals surface area contributed by atoms with Gasteiger partial charge in [0.05, 0.1) is 11.4 Å². The van der Waals surface area contributed by atoms with Crippen molar-refractivity contribution < 1.29 is 9.53 Å². The number of piperidine rings is 1. The van der Waals surface area contributed by atoms with Gasteiger partial charge in [-0.3, -0.25) is 9.78 Å². The summed E-state index contributed by atoms with van der Waals surface area (Å²) in [5.74, 6) is -0.0809. The standard InChI is InChI=1S/C13H19N3O2.2ClH/c1-10-11(4-3-7-15-10)16-12(17)13(18-2)5-8-14-9-6-13;;/h3-4,7,14H,5-6,8-9H2,1-2H3,(H,16,17);2*1H. The Morgan fingerprint density at radius 2 is 2.05 bits per heavy atom. The van der Waals surface area contributed by atoms with Gasteiger partial charge in [-0.2, -0.15) is 0 Å². The molecule has 1 aromatic rings. The van der Waals surface area contributed by atoms with Crippen LogP contribution < -0.4 is 10.6 Å². The van der Waals surface area contributed by atoms with E-state index in [1.165, 1.54) is 0 Å². The van der Waals surface area contributed by atoms with Gasteiger partial charge in [0.15, 0.2) is 0 Å². The highest BCUT2D eigenvalue weighted by atomic mass is 35.5. The lowest BCUT2D eigenvalue weighted by atomic mass is 9.91. The summed E-state index contributed by atoms with van der Waals surface area (Å²) in [4.78, 5) is 16.5. The predicted molar refractivity (Wildman–Crippen MR) is 83.9 cm³/mol. The van der Waals surface area contributed by atoms with E-state index in [0.717, 1.165) is 24.5 Å². The van der Waals surface area contributed by atoms with Gasteiger partial charge in [0.2, 0.25) is 0 Å². The van der Waals surface area contributed by atoms with Crippen LogP contribution in [0.5, 0.6) is 0 Å². The van der Waals surface area contributed by atoms with Crippen LogP contribution in [-0.4, -0.2) is 36.7 Å². The molecule has 1 amide bonds. The zero-order chi connectivity index (χ0) is 13.0. The molecule has 2 heterocycles. The van der Waals surface area contributed by atoms with Crippen molar-refractivity contribution >= 4 is 36.4 Å². The van der Waals surface area contributed by atoms with Crippen molar-refractivity contribution in [2.75, 3.05) is 25.5 Å². The van der Waals surface area contributed by atoms with Crippen molar-refractivity contribution in [3.63, 3.8) is 0 Å². The molecule has 114 valence electrons. The van der Waals surface area contributed by atoms with Gasteiger partial charge in [-0.15, -0.1) is 24.8 Å². The molecule has 2 rings (SSSR count). The van der Waals surface area contributed by atoms with E-state index in [4.69, 9.17) is 4.74 Å². The SMILES string of the molecule is COC1(C(=O)Nc2cccnc2C)CCNCC1.Cl.Cl. The van der Waals surface area contributed by atoms with E-state index in [2.05, 4.69) is 15.6 Å². The molecule has 0 bridgehead atoms. The molecule has 1 aliphatic heterocycles. The molecule has 0 aliphatic carbocycles. The molecule has 7 heteroatoms. The minimum absolute atomic E-state index is 0. The molecule has 0 atom stereocenters. The molecule has 1 saturated heterocycles. The minimum Gasteiger partial charge on any atom is -0.368 e. The molecule has 20 heavy (non-hydrogen) atoms. The molecule has 0 unspecified atom stereocenters. The lowest BCUT2D eigenvalue weighted by Gasteiger charge is -2.34. The zero-order valence-electron chi connectivity index (χ0n) is 11.6. The van der Waals surface area contributed by atoms with Gasteiger partial charge in [0.25, 0.3) is 5.91 Å². The molecule has 0 saturated carbocycles. The van der Waals surface area contributed by atoms with Gasteiger partial charge in [0, 0.05) is 13.3 Å². The van der Waals surface area contributed by atoms with Gasteiger partial charge in [0.1, 0.15) is 5.60 Å². The Morgan fingerprint density at radius 3 is 2.60 bits per heavy atom. The van der Waals surface area contributed by atoms with Gasteiger partial charge < -0.3 is 15.4 Å². The Hall–Kier alpha value is -0.880. The second-order valence-corrected chi connectivity index (χ2v) is 4.54. The van der Waals surface area contributed by atoms with E-state index >= 15 is 0 Å². The number of carbonyl (C=O) groups excluding carboxylic acids is 1. The number of pyridine rings is 1. The normalized spacial score (nSPS) is 16.5. The first-order valence-electron chi connectivity index (χ1n) is 6.17. The second kappa shape index (κ2) is 8.42. The summed E-state index contributed by atoms with van der Waals surface area (Å²) < 4.78 is 5.48. The van der Waals surface area contributed by atoms with Crippen molar-refractivity contribution in [3.05, 3.63) is 24.0 Å². The lowest BCUT2D eigenvalue weighted by molar-refractivity contribution is -0.140. The number of hydrogen-bond acceptors (Lipinski definition) is 4. The van der Waals surface area contributed by atoms with Crippen molar-refractivity contribution in [2.24, 2.45) is 0 Å². The van der Waals surface area contributed by atoms with E-state index < -0.39 is 5.60 Å². The summed E-state index contributed by atoms with van der Waals surface area (Å²) in [6.45, 7) is 3.47. The fourth-order valence-corrected chi connectivity index (χ4v) is 2.21. The molecule has 0 spiro atoms. The van der Waals surface area contributed by atoms with E-state index in [0.29, 0.717) is 12.8 Å². The Morgan fingerprint density at radius 1 is 1.40 bits per heavy atom. The van der Waals surface area contributed by atoms with Gasteiger partial charge in [-0.25, -0.2) is 0 Å². The first kappa shape index (κ1) is 19.1. The average molecular weight is 322 g/mol. The topological polar surface area (TPSA) is 63.2 Å². The smallest absolute Gasteiger partial charge is 0.256 e. The van der Waals surface area contributed by atoms with Crippen molar-refractivity contribution in [2.45, 2.75) is 25.4 Å². The van der Waals surface area contributed by atoms with Crippen LogP contribution >= 0.6 is 24.8 Å². The number of amides is 1. The van der Waals surface area contributed by atoms with E-state index in [9.17, 15) is 4.79 Å². The average Bonchev–Trinajstić information content (AvgIpc) is 2.42. The predicted octanol–water partition coefficient (Wildman–Crippen LogP) is 1.94. The van der Waals surface area contributed by atoms with Gasteiger partial charge >= 0.3 is 0 Å². The fraction of sp³-hybridized carbons (Fsp3) is 0.538. The quantitative estimate of drug-likeness (QED) is 0.893. The Balaban J connectivity index is 0.00000180. The number of hydrogen-bond donors (Lipinski definition) is 2. The van der Waals surface area contributed by atoms with Crippen LogP contribution in [0.25, 0.3) is 0 Å². The van der Waals surface area contributed by atoms with E-state index in [1.54, 1.807) is 13.3 Å². The molecule has 2 N–H and O–H groups in total. The highest BCUT2D eigenvalue weighted by Gasteiger charge is 2.39. The molecule has 1 aromatic heterocycles. The molecule has 1 fully saturated rings. The lowest BCUT2D eigenvalue weighted by Crippen LogP contribution is -2.51. The second-order valence-electron chi connectivity index (χ2n) is 4.54. The first-order chi connectivity index (χ1) is 8.68. The Bertz CT molecular complexity index is 437. The largest absolute Gasteiger partial charge is 0.368 e. The van der Waals surface area contributed by atoms with Crippen molar-refractivity contribution in [3.8, 4) is 0 Å². The number of anilines is 1. The van der Waals surface area contributed by atoms with Crippen LogP contribution in [0.4, 0.5) is 5.69 Å². The third kappa shape index (κ3) is 4.06. The van der Waals surface area contributed by atoms with E-state index in [1.807, 2.05) is 19.1 Å². The fourth-order valence-electron chi connectivity index (χ4n) is 2.21. The minimum atomic E-state index is -0.715. The summed E-state index contributed by atoms with van der Waals surface area (Å²) in [7, 11) is 1.60. The van der Waals surface area contributed by atoms with E-state index in [-0.39, 0.29) is 30.7 Å². The van der Waals surface area contributed by atoms with Crippen LogP contribution in [-0.2, 0) is 9.53 Å². The van der Waals surface area contributed by atoms with Crippen LogP contribution in [0.2, 0.25) is 0 Å². The monoisotopic (exact) mass is 321 g/mol. The highest BCUT2D eigenvalue weighted by molar-refractivity contribution is 5.97. The number of aromatic nitrogens is 1. The highest BCUT2D eigenvalue weighted by Crippen LogP contribution is 2.25. The molecule has 0 radical (unpaired) electrons. The van der Waals surface area contributed by atoms with Crippen LogP contribution in [0, 0.1) is 6.92 Å². The number of methoxy groups -OCH3 is 1.